The van der Waals surface area contributed by atoms with Gasteiger partial charge in [0.25, 0.3) is 0 Å². The molecule has 1 N–H and O–H groups in total. The lowest BCUT2D eigenvalue weighted by Crippen LogP contribution is -2.47. The van der Waals surface area contributed by atoms with E-state index in [4.69, 9.17) is 4.74 Å². The number of hydrogen-bond acceptors (Lipinski definition) is 3. The summed E-state index contributed by atoms with van der Waals surface area (Å²) in [5.41, 5.74) is 0.122. The fourth-order valence-corrected chi connectivity index (χ4v) is 3.70. The summed E-state index contributed by atoms with van der Waals surface area (Å²) in [5, 5.41) is 3.26. The third-order valence-corrected chi connectivity index (χ3v) is 4.31. The average molecular weight is 219 g/mol. The molecule has 2 saturated heterocycles. The Morgan fingerprint density at radius 3 is 3.21 bits per heavy atom. The fourth-order valence-electron chi connectivity index (χ4n) is 2.32. The predicted molar refractivity (Wildman–Crippen MR) is 57.6 cm³/mol. The van der Waals surface area contributed by atoms with Crippen LogP contribution in [0.1, 0.15) is 19.3 Å². The van der Waals surface area contributed by atoms with Gasteiger partial charge in [0.15, 0.2) is 0 Å². The van der Waals surface area contributed by atoms with Crippen LogP contribution in [0.4, 0.5) is 4.39 Å². The Labute approximate surface area is 89.0 Å². The molecule has 1 spiro atoms. The highest BCUT2D eigenvalue weighted by Gasteiger charge is 2.40. The fraction of sp³-hybridized carbons (Fsp3) is 1.00. The highest BCUT2D eigenvalue weighted by atomic mass is 32.2. The molecule has 0 amide bonds. The molecular weight excluding hydrogens is 201 g/mol. The Balaban J connectivity index is 1.83. The number of hydrogen-bond donors (Lipinski definition) is 1. The van der Waals surface area contributed by atoms with Crippen molar-refractivity contribution in [2.24, 2.45) is 0 Å². The third-order valence-electron chi connectivity index (χ3n) is 3.09. The minimum absolute atomic E-state index is 0.122. The van der Waals surface area contributed by atoms with Crippen molar-refractivity contribution in [3.8, 4) is 0 Å². The molecule has 0 aliphatic carbocycles. The van der Waals surface area contributed by atoms with Gasteiger partial charge in [-0.25, -0.2) is 4.39 Å². The van der Waals surface area contributed by atoms with Gasteiger partial charge in [-0.2, -0.15) is 11.8 Å². The van der Waals surface area contributed by atoms with Crippen molar-refractivity contribution in [2.45, 2.75) is 30.9 Å². The zero-order valence-corrected chi connectivity index (χ0v) is 9.25. The highest BCUT2D eigenvalue weighted by molar-refractivity contribution is 7.99. The minimum atomic E-state index is -0.265. The summed E-state index contributed by atoms with van der Waals surface area (Å²) in [5.74, 6) is 2.34. The van der Waals surface area contributed by atoms with E-state index in [1.165, 1.54) is 12.2 Å². The lowest BCUT2D eigenvalue weighted by atomic mass is 9.90. The Morgan fingerprint density at radius 2 is 2.50 bits per heavy atom. The Bertz CT molecular complexity index is 185. The van der Waals surface area contributed by atoms with Crippen molar-refractivity contribution in [1.82, 2.24) is 5.32 Å². The van der Waals surface area contributed by atoms with Crippen molar-refractivity contribution < 1.29 is 9.13 Å². The normalized spacial score (nSPS) is 37.9. The van der Waals surface area contributed by atoms with Gasteiger partial charge in [-0.1, -0.05) is 0 Å². The van der Waals surface area contributed by atoms with Gasteiger partial charge in [-0.05, 0) is 25.0 Å². The summed E-state index contributed by atoms with van der Waals surface area (Å²) < 4.78 is 17.9. The smallest absolute Gasteiger partial charge is 0.102 e. The lowest BCUT2D eigenvalue weighted by Gasteiger charge is -2.38. The van der Waals surface area contributed by atoms with Crippen molar-refractivity contribution in [3.05, 3.63) is 0 Å². The maximum absolute atomic E-state index is 12.0. The standard InChI is InChI=1S/C10H18FNOS/c11-3-4-12-9-1-5-13-10(7-9)2-6-14-8-10/h9,12H,1-8H2. The Hall–Kier alpha value is 0.200. The molecule has 0 aromatic carbocycles. The van der Waals surface area contributed by atoms with Gasteiger partial charge in [-0.15, -0.1) is 0 Å². The topological polar surface area (TPSA) is 21.3 Å². The summed E-state index contributed by atoms with van der Waals surface area (Å²) >= 11 is 1.98. The molecule has 14 heavy (non-hydrogen) atoms. The largest absolute Gasteiger partial charge is 0.374 e. The molecule has 0 aromatic rings. The third kappa shape index (κ3) is 2.41. The van der Waals surface area contributed by atoms with E-state index in [-0.39, 0.29) is 12.3 Å². The van der Waals surface area contributed by atoms with Crippen LogP contribution < -0.4 is 5.32 Å². The molecular formula is C10H18FNOS. The summed E-state index contributed by atoms with van der Waals surface area (Å²) in [6.07, 6.45) is 3.28. The molecule has 2 aliphatic rings. The van der Waals surface area contributed by atoms with Crippen molar-refractivity contribution in [2.75, 3.05) is 31.3 Å². The van der Waals surface area contributed by atoms with Crippen LogP contribution >= 0.6 is 11.8 Å². The first-order valence-corrected chi connectivity index (χ1v) is 6.51. The maximum Gasteiger partial charge on any atom is 0.102 e. The summed E-state index contributed by atoms with van der Waals surface area (Å²) in [4.78, 5) is 0. The second-order valence-electron chi connectivity index (χ2n) is 4.17. The molecule has 0 radical (unpaired) electrons. The van der Waals surface area contributed by atoms with Crippen LogP contribution in [0.3, 0.4) is 0 Å². The van der Waals surface area contributed by atoms with E-state index >= 15 is 0 Å². The first-order chi connectivity index (χ1) is 6.85. The van der Waals surface area contributed by atoms with Gasteiger partial charge in [-0.3, -0.25) is 0 Å². The number of halogens is 1. The first kappa shape index (κ1) is 10.7. The molecule has 2 rings (SSSR count). The number of thioether (sulfide) groups is 1. The lowest BCUT2D eigenvalue weighted by molar-refractivity contribution is -0.0701. The predicted octanol–water partition coefficient (Wildman–Crippen LogP) is 1.60. The molecule has 82 valence electrons. The van der Waals surface area contributed by atoms with Crippen LogP contribution in [0.15, 0.2) is 0 Å². The van der Waals surface area contributed by atoms with E-state index in [2.05, 4.69) is 5.32 Å². The van der Waals surface area contributed by atoms with Crippen LogP contribution in [0.2, 0.25) is 0 Å². The molecule has 2 atom stereocenters. The van der Waals surface area contributed by atoms with E-state index in [1.807, 2.05) is 11.8 Å². The van der Waals surface area contributed by atoms with Crippen LogP contribution in [0, 0.1) is 0 Å². The number of alkyl halides is 1. The van der Waals surface area contributed by atoms with Crippen LogP contribution in [-0.4, -0.2) is 43.0 Å². The van der Waals surface area contributed by atoms with Gasteiger partial charge in [0.1, 0.15) is 6.67 Å². The van der Waals surface area contributed by atoms with Crippen molar-refractivity contribution >= 4 is 11.8 Å². The highest BCUT2D eigenvalue weighted by Crippen LogP contribution is 2.38. The summed E-state index contributed by atoms with van der Waals surface area (Å²) in [7, 11) is 0. The number of ether oxygens (including phenoxy) is 1. The molecule has 0 bridgehead atoms. The zero-order chi connectivity index (χ0) is 9.86. The first-order valence-electron chi connectivity index (χ1n) is 5.36. The number of rotatable bonds is 3. The molecule has 2 fully saturated rings. The quantitative estimate of drug-likeness (QED) is 0.779. The van der Waals surface area contributed by atoms with E-state index in [9.17, 15) is 4.39 Å². The van der Waals surface area contributed by atoms with Gasteiger partial charge in [0, 0.05) is 24.9 Å². The molecule has 2 heterocycles. The second kappa shape index (κ2) is 4.81. The van der Waals surface area contributed by atoms with Crippen molar-refractivity contribution in [3.63, 3.8) is 0 Å². The molecule has 0 saturated carbocycles. The van der Waals surface area contributed by atoms with Gasteiger partial charge < -0.3 is 10.1 Å². The minimum Gasteiger partial charge on any atom is -0.374 e. The monoisotopic (exact) mass is 219 g/mol. The van der Waals surface area contributed by atoms with Crippen LogP contribution in [0.25, 0.3) is 0 Å². The molecule has 2 unspecified atom stereocenters. The summed E-state index contributed by atoms with van der Waals surface area (Å²) in [6, 6.07) is 0.471. The van der Waals surface area contributed by atoms with Crippen molar-refractivity contribution in [1.29, 1.82) is 0 Å². The Kier molecular flexibility index (Phi) is 3.68. The molecule has 0 aromatic heterocycles. The second-order valence-corrected chi connectivity index (χ2v) is 5.27. The molecule has 2 nitrogen and oxygen atoms in total. The van der Waals surface area contributed by atoms with Gasteiger partial charge in [0.2, 0.25) is 0 Å². The van der Waals surface area contributed by atoms with E-state index in [0.717, 1.165) is 25.2 Å². The van der Waals surface area contributed by atoms with E-state index < -0.39 is 0 Å². The molecule has 2 aliphatic heterocycles. The average Bonchev–Trinajstić information content (AvgIpc) is 2.63. The van der Waals surface area contributed by atoms with E-state index in [1.54, 1.807) is 0 Å². The van der Waals surface area contributed by atoms with Gasteiger partial charge in [0.05, 0.1) is 5.60 Å². The zero-order valence-electron chi connectivity index (χ0n) is 8.43. The summed E-state index contributed by atoms with van der Waals surface area (Å²) in [6.45, 7) is 1.07. The SMILES string of the molecule is FCCNC1CCOC2(CCSC2)C1. The van der Waals surface area contributed by atoms with Crippen LogP contribution in [0.5, 0.6) is 0 Å². The van der Waals surface area contributed by atoms with Crippen LogP contribution in [-0.2, 0) is 4.74 Å². The Morgan fingerprint density at radius 1 is 1.57 bits per heavy atom. The number of nitrogens with one attached hydrogen (secondary N) is 1. The van der Waals surface area contributed by atoms with E-state index in [0.29, 0.717) is 12.6 Å². The maximum atomic E-state index is 12.0. The van der Waals surface area contributed by atoms with Gasteiger partial charge >= 0.3 is 0 Å². The molecule has 4 heteroatoms.